The minimum Gasteiger partial charge on any atom is -0.547 e. The largest absolute Gasteiger partial charge is 0.547 e. The molecule has 0 aliphatic heterocycles. The highest BCUT2D eigenvalue weighted by Gasteiger charge is 2.14. The third kappa shape index (κ3) is 18.6. The monoisotopic (exact) mass is 421 g/mol. The fraction of sp³-hybridized carbons (Fsp3) is 0.731. The van der Waals surface area contributed by atoms with Gasteiger partial charge in [0.2, 0.25) is 0 Å². The number of aliphatic hydroxyl groups is 1. The Bertz CT molecular complexity index is 514. The third-order valence-corrected chi connectivity index (χ3v) is 5.41. The van der Waals surface area contributed by atoms with Crippen molar-refractivity contribution in [2.75, 3.05) is 20.6 Å². The number of aliphatic hydroxyl groups excluding tert-OH is 1. The van der Waals surface area contributed by atoms with Crippen LogP contribution in [0.1, 0.15) is 96.5 Å². The first-order valence-corrected chi connectivity index (χ1v) is 12.0. The molecule has 0 heterocycles. The van der Waals surface area contributed by atoms with Crippen LogP contribution in [0.2, 0.25) is 0 Å². The molecule has 0 aromatic heterocycles. The van der Waals surface area contributed by atoms with Crippen molar-refractivity contribution in [2.45, 2.75) is 104 Å². The average Bonchev–Trinajstić information content (AvgIpc) is 2.69. The fourth-order valence-electron chi connectivity index (χ4n) is 3.54. The van der Waals surface area contributed by atoms with E-state index in [0.717, 1.165) is 18.0 Å². The SMILES string of the molecule is CCCCCCCCCCCCCC[N+](C)(C)Cc1ccccc1.C[C@@H](O)C(=O)[O-]. The predicted molar refractivity (Wildman–Crippen MR) is 125 cm³/mol. The van der Waals surface area contributed by atoms with Crippen LogP contribution in [0.25, 0.3) is 0 Å². The molecule has 0 radical (unpaired) electrons. The molecule has 0 saturated carbocycles. The van der Waals surface area contributed by atoms with Gasteiger partial charge in [0.1, 0.15) is 6.54 Å². The van der Waals surface area contributed by atoms with Gasteiger partial charge in [-0.05, 0) is 19.8 Å². The predicted octanol–water partition coefficient (Wildman–Crippen LogP) is 5.08. The first-order chi connectivity index (χ1) is 14.3. The lowest BCUT2D eigenvalue weighted by Gasteiger charge is -2.30. The van der Waals surface area contributed by atoms with Crippen molar-refractivity contribution in [3.8, 4) is 0 Å². The molecular weight excluding hydrogens is 374 g/mol. The first-order valence-electron chi connectivity index (χ1n) is 12.0. The van der Waals surface area contributed by atoms with E-state index in [4.69, 9.17) is 5.11 Å². The lowest BCUT2D eigenvalue weighted by Crippen LogP contribution is -2.39. The number of carbonyl (C=O) groups is 1. The molecule has 0 aliphatic rings. The summed E-state index contributed by atoms with van der Waals surface area (Å²) in [7, 11) is 4.73. The maximum atomic E-state index is 9.34. The highest BCUT2D eigenvalue weighted by Crippen LogP contribution is 2.14. The number of benzene rings is 1. The zero-order chi connectivity index (χ0) is 22.7. The Balaban J connectivity index is 0.00000122. The Labute approximate surface area is 185 Å². The summed E-state index contributed by atoms with van der Waals surface area (Å²) in [6, 6.07) is 10.9. The van der Waals surface area contributed by atoms with Crippen LogP contribution in [-0.4, -0.2) is 42.3 Å². The van der Waals surface area contributed by atoms with Crippen LogP contribution in [0.3, 0.4) is 0 Å². The van der Waals surface area contributed by atoms with Gasteiger partial charge in [0.15, 0.2) is 0 Å². The van der Waals surface area contributed by atoms with Crippen molar-refractivity contribution in [3.05, 3.63) is 35.9 Å². The lowest BCUT2D eigenvalue weighted by atomic mass is 10.1. The van der Waals surface area contributed by atoms with Gasteiger partial charge >= 0.3 is 0 Å². The molecule has 1 N–H and O–H groups in total. The van der Waals surface area contributed by atoms with E-state index in [1.54, 1.807) is 0 Å². The minimum atomic E-state index is -1.44. The average molecular weight is 422 g/mol. The molecule has 1 aromatic rings. The number of hydrogen-bond acceptors (Lipinski definition) is 3. The number of hydrogen-bond donors (Lipinski definition) is 1. The second kappa shape index (κ2) is 18.4. The zero-order valence-electron chi connectivity index (χ0n) is 20.1. The van der Waals surface area contributed by atoms with Gasteiger partial charge in [-0.25, -0.2) is 0 Å². The van der Waals surface area contributed by atoms with Crippen LogP contribution in [0, 0.1) is 0 Å². The summed E-state index contributed by atoms with van der Waals surface area (Å²) in [4.78, 5) is 9.34. The van der Waals surface area contributed by atoms with Gasteiger partial charge in [-0.3, -0.25) is 0 Å². The number of carbonyl (C=O) groups excluding carboxylic acids is 1. The zero-order valence-corrected chi connectivity index (χ0v) is 20.1. The summed E-state index contributed by atoms with van der Waals surface area (Å²) in [5.41, 5.74) is 1.46. The fourth-order valence-corrected chi connectivity index (χ4v) is 3.54. The summed E-state index contributed by atoms with van der Waals surface area (Å²) in [6.07, 6.45) is 15.9. The van der Waals surface area contributed by atoms with E-state index in [2.05, 4.69) is 51.4 Å². The maximum absolute atomic E-state index is 9.34. The van der Waals surface area contributed by atoms with E-state index < -0.39 is 12.1 Å². The second-order valence-corrected chi connectivity index (χ2v) is 9.19. The van der Waals surface area contributed by atoms with E-state index in [9.17, 15) is 9.90 Å². The van der Waals surface area contributed by atoms with Gasteiger partial charge in [-0.2, -0.15) is 0 Å². The van der Waals surface area contributed by atoms with Crippen molar-refractivity contribution in [3.63, 3.8) is 0 Å². The quantitative estimate of drug-likeness (QED) is 0.299. The number of quaternary nitrogens is 1. The third-order valence-electron chi connectivity index (χ3n) is 5.41. The molecule has 1 rings (SSSR count). The molecule has 4 nitrogen and oxygen atoms in total. The van der Waals surface area contributed by atoms with Crippen LogP contribution < -0.4 is 5.11 Å². The number of unbranched alkanes of at least 4 members (excludes halogenated alkanes) is 11. The molecule has 0 aliphatic carbocycles. The smallest absolute Gasteiger partial charge is 0.104 e. The van der Waals surface area contributed by atoms with Crippen LogP contribution >= 0.6 is 0 Å². The molecule has 174 valence electrons. The van der Waals surface area contributed by atoms with Gasteiger partial charge < -0.3 is 19.5 Å². The Morgan fingerprint density at radius 1 is 0.867 bits per heavy atom. The van der Waals surface area contributed by atoms with Crippen molar-refractivity contribution < 1.29 is 19.5 Å². The maximum Gasteiger partial charge on any atom is 0.104 e. The van der Waals surface area contributed by atoms with Crippen LogP contribution in [0.15, 0.2) is 30.3 Å². The molecule has 0 fully saturated rings. The number of aliphatic carboxylic acids is 1. The number of rotatable bonds is 16. The van der Waals surface area contributed by atoms with Crippen molar-refractivity contribution in [1.82, 2.24) is 0 Å². The normalized spacial score (nSPS) is 12.2. The van der Waals surface area contributed by atoms with E-state index in [1.165, 1.54) is 89.2 Å². The summed E-state index contributed by atoms with van der Waals surface area (Å²) < 4.78 is 1.11. The highest BCUT2D eigenvalue weighted by molar-refractivity contribution is 5.68. The minimum absolute atomic E-state index is 1.11. The number of carboxylic acids is 1. The summed E-state index contributed by atoms with van der Waals surface area (Å²) in [5.74, 6) is -1.44. The van der Waals surface area contributed by atoms with E-state index in [0.29, 0.717) is 0 Å². The van der Waals surface area contributed by atoms with Crippen molar-refractivity contribution >= 4 is 5.97 Å². The Hall–Kier alpha value is -1.39. The van der Waals surface area contributed by atoms with E-state index in [-0.39, 0.29) is 0 Å². The van der Waals surface area contributed by atoms with Crippen LogP contribution in [0.5, 0.6) is 0 Å². The van der Waals surface area contributed by atoms with Crippen molar-refractivity contribution in [2.24, 2.45) is 0 Å². The molecule has 4 heteroatoms. The number of nitrogens with zero attached hydrogens (tertiary/aromatic N) is 1. The van der Waals surface area contributed by atoms with E-state index >= 15 is 0 Å². The summed E-state index contributed by atoms with van der Waals surface area (Å²) >= 11 is 0. The molecule has 30 heavy (non-hydrogen) atoms. The van der Waals surface area contributed by atoms with Gasteiger partial charge in [-0.15, -0.1) is 0 Å². The van der Waals surface area contributed by atoms with Crippen molar-refractivity contribution in [1.29, 1.82) is 0 Å². The summed E-state index contributed by atoms with van der Waals surface area (Å²) in [6.45, 7) is 5.88. The van der Waals surface area contributed by atoms with Gasteiger partial charge in [0, 0.05) is 5.56 Å². The van der Waals surface area contributed by atoms with Gasteiger partial charge in [0.05, 0.1) is 32.7 Å². The molecule has 0 spiro atoms. The van der Waals surface area contributed by atoms with Crippen LogP contribution in [-0.2, 0) is 11.3 Å². The molecule has 1 atom stereocenters. The lowest BCUT2D eigenvalue weighted by molar-refractivity contribution is -0.903. The standard InChI is InChI=1S/C23H42N.C3H6O3/c1-4-5-6-7-8-9-10-11-12-13-14-18-21-24(2,3)22-23-19-16-15-17-20-23;1-2(4)3(5)6/h15-17,19-20H,4-14,18,21-22H2,1-3H3;2,4H,1H3,(H,5,6)/q+1;/p-1/t;2-/m.1/s1. The van der Waals surface area contributed by atoms with E-state index in [1.807, 2.05) is 0 Å². The molecule has 1 aromatic carbocycles. The first kappa shape index (κ1) is 28.6. The Kier molecular flexibility index (Phi) is 17.5. The second-order valence-electron chi connectivity index (χ2n) is 9.19. The number of carboxylic acid groups (broad SMARTS) is 1. The topological polar surface area (TPSA) is 60.4 Å². The molecule has 0 saturated heterocycles. The Morgan fingerprint density at radius 2 is 1.27 bits per heavy atom. The molecule has 0 unspecified atom stereocenters. The Morgan fingerprint density at radius 3 is 1.67 bits per heavy atom. The molecule has 0 bridgehead atoms. The highest BCUT2D eigenvalue weighted by atomic mass is 16.4. The van der Waals surface area contributed by atoms with Gasteiger partial charge in [-0.1, -0.05) is 101 Å². The van der Waals surface area contributed by atoms with Gasteiger partial charge in [0.25, 0.3) is 0 Å². The summed E-state index contributed by atoms with van der Waals surface area (Å²) in [5, 5.41) is 17.3. The molecule has 0 amide bonds. The van der Waals surface area contributed by atoms with Crippen LogP contribution in [0.4, 0.5) is 0 Å². The molecular formula is C26H47NO3.